The summed E-state index contributed by atoms with van der Waals surface area (Å²) in [5.74, 6) is 0.697. The number of nitrogens with zero attached hydrogens (tertiary/aromatic N) is 1. The lowest BCUT2D eigenvalue weighted by Crippen LogP contribution is -2.38. The van der Waals surface area contributed by atoms with Gasteiger partial charge in [0.2, 0.25) is 10.0 Å². The van der Waals surface area contributed by atoms with Crippen LogP contribution in [0.1, 0.15) is 29.2 Å². The molecule has 0 bridgehead atoms. The second-order valence-electron chi connectivity index (χ2n) is 6.56. The zero-order chi connectivity index (χ0) is 19.9. The Hall–Kier alpha value is -1.65. The van der Waals surface area contributed by atoms with Crippen molar-refractivity contribution in [2.45, 2.75) is 38.6 Å². The van der Waals surface area contributed by atoms with Gasteiger partial charge in [0.25, 0.3) is 0 Å². The van der Waals surface area contributed by atoms with Crippen LogP contribution in [0.5, 0.6) is 0 Å². The van der Waals surface area contributed by atoms with Gasteiger partial charge >= 0.3 is 0 Å². The molecule has 0 aliphatic rings. The van der Waals surface area contributed by atoms with Gasteiger partial charge < -0.3 is 10.6 Å². The fourth-order valence-electron chi connectivity index (χ4n) is 2.87. The molecule has 0 radical (unpaired) electrons. The molecule has 0 saturated heterocycles. The van der Waals surface area contributed by atoms with Crippen LogP contribution >= 0.6 is 24.0 Å². The lowest BCUT2D eigenvalue weighted by Gasteiger charge is -2.12. The van der Waals surface area contributed by atoms with Crippen molar-refractivity contribution in [2.75, 3.05) is 13.1 Å². The van der Waals surface area contributed by atoms with E-state index >= 15 is 0 Å². The molecule has 0 fully saturated rings. The van der Waals surface area contributed by atoms with Gasteiger partial charge in [-0.1, -0.05) is 41.5 Å². The summed E-state index contributed by atoms with van der Waals surface area (Å²) in [6.45, 7) is 8.07. The summed E-state index contributed by atoms with van der Waals surface area (Å²) in [7, 11) is -3.71. The highest BCUT2D eigenvalue weighted by molar-refractivity contribution is 14.0. The van der Waals surface area contributed by atoms with E-state index in [4.69, 9.17) is 5.14 Å². The topological polar surface area (TPSA) is 96.6 Å². The summed E-state index contributed by atoms with van der Waals surface area (Å²) >= 11 is 0. The van der Waals surface area contributed by atoms with E-state index in [-0.39, 0.29) is 28.9 Å². The van der Waals surface area contributed by atoms with E-state index in [0.717, 1.165) is 25.1 Å². The van der Waals surface area contributed by atoms with E-state index in [1.54, 1.807) is 12.1 Å². The molecule has 6 nitrogen and oxygen atoms in total. The number of hydrogen-bond acceptors (Lipinski definition) is 3. The van der Waals surface area contributed by atoms with Gasteiger partial charge in [-0.05, 0) is 50.5 Å². The molecule has 2 aromatic rings. The van der Waals surface area contributed by atoms with Crippen LogP contribution in [-0.2, 0) is 23.0 Å². The molecule has 8 heteroatoms. The van der Waals surface area contributed by atoms with Crippen LogP contribution in [0.3, 0.4) is 0 Å². The van der Waals surface area contributed by atoms with E-state index in [1.165, 1.54) is 22.8 Å². The van der Waals surface area contributed by atoms with Crippen molar-refractivity contribution in [1.29, 1.82) is 0 Å². The Morgan fingerprint density at radius 3 is 2.32 bits per heavy atom. The molecular formula is C20H29IN4O2S. The van der Waals surface area contributed by atoms with E-state index in [1.807, 2.05) is 13.0 Å². The van der Waals surface area contributed by atoms with Gasteiger partial charge in [0.05, 0.1) is 11.4 Å². The Labute approximate surface area is 185 Å². The monoisotopic (exact) mass is 516 g/mol. The predicted molar refractivity (Wildman–Crippen MR) is 126 cm³/mol. The Morgan fingerprint density at radius 2 is 1.71 bits per heavy atom. The number of rotatable bonds is 7. The zero-order valence-electron chi connectivity index (χ0n) is 16.5. The van der Waals surface area contributed by atoms with Gasteiger partial charge in [-0.25, -0.2) is 18.5 Å². The molecule has 0 aliphatic carbocycles. The van der Waals surface area contributed by atoms with Crippen molar-refractivity contribution in [3.8, 4) is 0 Å². The smallest absolute Gasteiger partial charge is 0.238 e. The number of nitrogens with two attached hydrogens (primary N) is 1. The van der Waals surface area contributed by atoms with Gasteiger partial charge in [0.1, 0.15) is 0 Å². The van der Waals surface area contributed by atoms with Gasteiger partial charge in [-0.2, -0.15) is 0 Å². The molecule has 0 spiro atoms. The lowest BCUT2D eigenvalue weighted by atomic mass is 10.1. The molecule has 0 aromatic heterocycles. The van der Waals surface area contributed by atoms with E-state index in [9.17, 15) is 8.42 Å². The number of guanidine groups is 1. The quantitative estimate of drug-likeness (QED) is 0.300. The van der Waals surface area contributed by atoms with Crippen molar-refractivity contribution in [3.05, 3.63) is 64.7 Å². The normalized spacial score (nSPS) is 11.6. The maximum absolute atomic E-state index is 11.5. The standard InChI is InChI=1S/C20H28N4O2S.HI/c1-4-22-20(23-9-8-17-11-15(2)10-16(3)12-17)24-14-18-6-5-7-19(13-18)27(21,25)26;/h5-7,10-13H,4,8-9,14H2,1-3H3,(H2,21,25,26)(H2,22,23,24);1H. The van der Waals surface area contributed by atoms with Crippen molar-refractivity contribution in [1.82, 2.24) is 10.6 Å². The van der Waals surface area contributed by atoms with Crippen LogP contribution in [0, 0.1) is 13.8 Å². The van der Waals surface area contributed by atoms with Crippen LogP contribution in [-0.4, -0.2) is 27.5 Å². The number of aliphatic imine (C=N–C) groups is 1. The first-order chi connectivity index (χ1) is 12.8. The van der Waals surface area contributed by atoms with E-state index in [2.05, 4.69) is 47.7 Å². The highest BCUT2D eigenvalue weighted by Gasteiger charge is 2.07. The molecule has 0 amide bonds. The maximum Gasteiger partial charge on any atom is 0.238 e. The van der Waals surface area contributed by atoms with Gasteiger partial charge in [0.15, 0.2) is 5.96 Å². The average Bonchev–Trinajstić information content (AvgIpc) is 2.58. The summed E-state index contributed by atoms with van der Waals surface area (Å²) in [5.41, 5.74) is 4.60. The summed E-state index contributed by atoms with van der Waals surface area (Å²) in [6.07, 6.45) is 0.897. The molecule has 2 aromatic carbocycles. The van der Waals surface area contributed by atoms with Crippen LogP contribution in [0.15, 0.2) is 52.4 Å². The van der Waals surface area contributed by atoms with Gasteiger partial charge in [0, 0.05) is 13.1 Å². The fourth-order valence-corrected chi connectivity index (χ4v) is 3.46. The molecule has 0 heterocycles. The average molecular weight is 516 g/mol. The van der Waals surface area contributed by atoms with E-state index < -0.39 is 10.0 Å². The van der Waals surface area contributed by atoms with Crippen LogP contribution in [0.25, 0.3) is 0 Å². The second-order valence-corrected chi connectivity index (χ2v) is 8.12. The summed E-state index contributed by atoms with van der Waals surface area (Å²) in [5, 5.41) is 11.7. The van der Waals surface area contributed by atoms with Crippen LogP contribution in [0.4, 0.5) is 0 Å². The number of halogens is 1. The minimum absolute atomic E-state index is 0. The first kappa shape index (κ1) is 24.4. The Morgan fingerprint density at radius 1 is 1.04 bits per heavy atom. The first-order valence-electron chi connectivity index (χ1n) is 8.99. The van der Waals surface area contributed by atoms with E-state index in [0.29, 0.717) is 12.5 Å². The number of sulfonamides is 1. The third-order valence-corrected chi connectivity index (χ3v) is 4.89. The minimum Gasteiger partial charge on any atom is -0.357 e. The fraction of sp³-hybridized carbons (Fsp3) is 0.350. The highest BCUT2D eigenvalue weighted by Crippen LogP contribution is 2.11. The SMILES string of the molecule is CCNC(=NCc1cccc(S(N)(=O)=O)c1)NCCc1cc(C)cc(C)c1.I. The van der Waals surface area contributed by atoms with Crippen molar-refractivity contribution < 1.29 is 8.42 Å². The molecule has 28 heavy (non-hydrogen) atoms. The number of benzene rings is 2. The van der Waals surface area contributed by atoms with Crippen molar-refractivity contribution >= 4 is 40.0 Å². The molecule has 154 valence electrons. The third kappa shape index (κ3) is 8.15. The molecule has 4 N–H and O–H groups in total. The van der Waals surface area contributed by atoms with Crippen molar-refractivity contribution in [2.24, 2.45) is 10.1 Å². The molecule has 0 unspecified atom stereocenters. The van der Waals surface area contributed by atoms with Crippen LogP contribution in [0.2, 0.25) is 0 Å². The van der Waals surface area contributed by atoms with Gasteiger partial charge in [-0.3, -0.25) is 0 Å². The summed E-state index contributed by atoms with van der Waals surface area (Å²) in [4.78, 5) is 4.63. The number of primary sulfonamides is 1. The summed E-state index contributed by atoms with van der Waals surface area (Å²) < 4.78 is 22.9. The molecule has 0 atom stereocenters. The third-order valence-electron chi connectivity index (χ3n) is 3.98. The van der Waals surface area contributed by atoms with Crippen LogP contribution < -0.4 is 15.8 Å². The number of aryl methyl sites for hydroxylation is 2. The second kappa shape index (κ2) is 11.4. The Kier molecular flexibility index (Phi) is 9.91. The number of nitrogens with one attached hydrogen (secondary N) is 2. The molecule has 0 saturated carbocycles. The lowest BCUT2D eigenvalue weighted by molar-refractivity contribution is 0.597. The first-order valence-corrected chi connectivity index (χ1v) is 10.5. The molecule has 0 aliphatic heterocycles. The van der Waals surface area contributed by atoms with Crippen molar-refractivity contribution in [3.63, 3.8) is 0 Å². The Bertz CT molecular complexity index is 894. The minimum atomic E-state index is -3.71. The summed E-state index contributed by atoms with van der Waals surface area (Å²) in [6, 6.07) is 13.1. The molecular weight excluding hydrogens is 487 g/mol. The maximum atomic E-state index is 11.5. The zero-order valence-corrected chi connectivity index (χ0v) is 19.7. The highest BCUT2D eigenvalue weighted by atomic mass is 127. The Balaban J connectivity index is 0.00000392. The number of hydrogen-bond donors (Lipinski definition) is 3. The largest absolute Gasteiger partial charge is 0.357 e. The predicted octanol–water partition coefficient (Wildman–Crippen LogP) is 2.87. The molecule has 2 rings (SSSR count). The van der Waals surface area contributed by atoms with Gasteiger partial charge in [-0.15, -0.1) is 24.0 Å².